The van der Waals surface area contributed by atoms with Crippen LogP contribution >= 0.6 is 11.8 Å². The van der Waals surface area contributed by atoms with Crippen LogP contribution < -0.4 is 10.6 Å². The van der Waals surface area contributed by atoms with Gasteiger partial charge in [-0.15, -0.1) is 0 Å². The summed E-state index contributed by atoms with van der Waals surface area (Å²) in [7, 11) is 0. The molecule has 0 saturated carbocycles. The summed E-state index contributed by atoms with van der Waals surface area (Å²) >= 11 is 1.32. The zero-order valence-electron chi connectivity index (χ0n) is 16.4. The Bertz CT molecular complexity index is 1400. The smallest absolute Gasteiger partial charge is 0.354 e. The third kappa shape index (κ3) is 2.93. The first-order valence-electron chi connectivity index (χ1n) is 9.85. The summed E-state index contributed by atoms with van der Waals surface area (Å²) in [6, 6.07) is 7.33. The predicted octanol–water partition coefficient (Wildman–Crippen LogP) is 2.71. The molecule has 0 amide bonds. The lowest BCUT2D eigenvalue weighted by Crippen LogP contribution is -2.39. The highest BCUT2D eigenvalue weighted by Gasteiger charge is 2.39. The van der Waals surface area contributed by atoms with Crippen molar-refractivity contribution in [2.45, 2.75) is 16.2 Å². The van der Waals surface area contributed by atoms with Crippen molar-refractivity contribution in [1.82, 2.24) is 25.3 Å². The minimum absolute atomic E-state index is 0.0468. The van der Waals surface area contributed by atoms with E-state index in [9.17, 15) is 14.7 Å². The lowest BCUT2D eigenvalue weighted by Gasteiger charge is -2.31. The zero-order chi connectivity index (χ0) is 21.8. The van der Waals surface area contributed by atoms with Crippen LogP contribution in [0.5, 0.6) is 0 Å². The topological polar surface area (TPSA) is 149 Å². The number of nitrogens with zero attached hydrogens (tertiary/aromatic N) is 2. The van der Waals surface area contributed by atoms with E-state index < -0.39 is 11.9 Å². The third-order valence-electron chi connectivity index (χ3n) is 5.53. The fourth-order valence-corrected chi connectivity index (χ4v) is 4.94. The fraction of sp³-hybridized carbons (Fsp3) is 0.143. The molecule has 1 atom stereocenters. The number of rotatable bonds is 4. The first-order valence-corrected chi connectivity index (χ1v) is 10.7. The van der Waals surface area contributed by atoms with Gasteiger partial charge < -0.3 is 30.1 Å². The number of pyridine rings is 1. The summed E-state index contributed by atoms with van der Waals surface area (Å²) in [6.07, 6.45) is 3.31. The molecule has 32 heavy (non-hydrogen) atoms. The van der Waals surface area contributed by atoms with Crippen LogP contribution in [0.25, 0.3) is 11.2 Å². The number of anilines is 1. The number of fused-ring (bicyclic) bond motifs is 2. The molecule has 11 heteroatoms. The molecule has 6 heterocycles. The van der Waals surface area contributed by atoms with E-state index in [1.165, 1.54) is 11.8 Å². The van der Waals surface area contributed by atoms with E-state index in [0.29, 0.717) is 50.7 Å². The molecule has 4 aromatic heterocycles. The maximum Gasteiger partial charge on any atom is 0.354 e. The number of carbonyl (C=O) groups is 2. The van der Waals surface area contributed by atoms with Crippen molar-refractivity contribution in [2.75, 3.05) is 18.4 Å². The van der Waals surface area contributed by atoms with Gasteiger partial charge in [0.1, 0.15) is 17.0 Å². The largest absolute Gasteiger partial charge is 0.477 e. The predicted molar refractivity (Wildman–Crippen MR) is 115 cm³/mol. The van der Waals surface area contributed by atoms with E-state index in [0.717, 1.165) is 5.52 Å². The second-order valence-corrected chi connectivity index (χ2v) is 8.44. The number of ketones is 1. The molecule has 0 radical (unpaired) electrons. The highest BCUT2D eigenvalue weighted by molar-refractivity contribution is 7.99. The number of imidazole rings is 1. The number of H-pyrrole nitrogens is 2. The van der Waals surface area contributed by atoms with E-state index in [-0.39, 0.29) is 18.0 Å². The molecule has 160 valence electrons. The summed E-state index contributed by atoms with van der Waals surface area (Å²) in [4.78, 5) is 39.2. The highest BCUT2D eigenvalue weighted by Crippen LogP contribution is 2.45. The lowest BCUT2D eigenvalue weighted by molar-refractivity contribution is -0.115. The summed E-state index contributed by atoms with van der Waals surface area (Å²) in [5.74, 6) is -1.08. The van der Waals surface area contributed by atoms with Crippen molar-refractivity contribution in [3.63, 3.8) is 0 Å². The maximum absolute atomic E-state index is 12.8. The molecule has 5 N–H and O–H groups in total. The Balaban J connectivity index is 1.40. The van der Waals surface area contributed by atoms with Crippen LogP contribution in [0.4, 0.5) is 5.69 Å². The van der Waals surface area contributed by atoms with Gasteiger partial charge in [-0.25, -0.2) is 14.8 Å². The van der Waals surface area contributed by atoms with Crippen LogP contribution in [0, 0.1) is 0 Å². The molecule has 0 bridgehead atoms. The number of hydrogen-bond donors (Lipinski definition) is 5. The normalized spacial score (nSPS) is 17.9. The van der Waals surface area contributed by atoms with Gasteiger partial charge in [-0.2, -0.15) is 0 Å². The number of aromatic carboxylic acids is 1. The second kappa shape index (κ2) is 7.11. The van der Waals surface area contributed by atoms with E-state index in [1.807, 2.05) is 24.3 Å². The first-order chi connectivity index (χ1) is 15.6. The number of Topliss-reactive ketones (excluding diaryl/α,β-unsaturated/α-hetero) is 1. The average Bonchev–Trinajstić information content (AvgIpc) is 3.50. The number of carboxylic acid groups (broad SMARTS) is 1. The van der Waals surface area contributed by atoms with Crippen LogP contribution in [0.15, 0.2) is 62.6 Å². The molecular weight excluding hydrogens is 432 g/mol. The highest BCUT2D eigenvalue weighted by atomic mass is 32.2. The molecule has 2 aliphatic heterocycles. The number of aromatic nitrogens is 4. The van der Waals surface area contributed by atoms with Gasteiger partial charge in [-0.1, -0.05) is 0 Å². The van der Waals surface area contributed by atoms with Gasteiger partial charge in [-0.05, 0) is 36.0 Å². The molecule has 0 saturated heterocycles. The maximum atomic E-state index is 12.8. The fourth-order valence-electron chi connectivity index (χ4n) is 4.19. The quantitative estimate of drug-likeness (QED) is 0.318. The summed E-state index contributed by atoms with van der Waals surface area (Å²) in [6.45, 7) is 0.659. The van der Waals surface area contributed by atoms with Gasteiger partial charge in [0.25, 0.3) is 0 Å². The van der Waals surface area contributed by atoms with Gasteiger partial charge in [0, 0.05) is 35.8 Å². The summed E-state index contributed by atoms with van der Waals surface area (Å²) in [5.41, 5.74) is 3.86. The monoisotopic (exact) mass is 448 g/mol. The van der Waals surface area contributed by atoms with Crippen LogP contribution in [-0.2, 0) is 4.79 Å². The number of aromatic amines is 2. The Morgan fingerprint density at radius 1 is 1.25 bits per heavy atom. The zero-order valence-corrected chi connectivity index (χ0v) is 17.2. The Labute approximate surface area is 184 Å². The second-order valence-electron chi connectivity index (χ2n) is 7.45. The third-order valence-corrected chi connectivity index (χ3v) is 6.34. The molecule has 0 aliphatic carbocycles. The number of nitrogens with one attached hydrogen (secondary N) is 4. The molecule has 4 aromatic rings. The average molecular weight is 448 g/mol. The van der Waals surface area contributed by atoms with Gasteiger partial charge in [0.2, 0.25) is 0 Å². The molecule has 0 aromatic carbocycles. The number of carbonyl (C=O) groups excluding carboxylic acids is 1. The minimum Gasteiger partial charge on any atom is -0.477 e. The Kier molecular flexibility index (Phi) is 4.20. The van der Waals surface area contributed by atoms with Crippen LogP contribution in [-0.4, -0.2) is 49.9 Å². The van der Waals surface area contributed by atoms with Crippen molar-refractivity contribution < 1.29 is 19.1 Å². The van der Waals surface area contributed by atoms with E-state index in [1.54, 1.807) is 12.4 Å². The first kappa shape index (κ1) is 18.9. The van der Waals surface area contributed by atoms with E-state index in [4.69, 9.17) is 4.42 Å². The SMILES string of the molecule is O=C1CNCC2=C1C(c1ccc(Sc3nc4cccnc4[nH]3)o1)c1c[nH]c(C(=O)O)c1N2. The van der Waals surface area contributed by atoms with Crippen molar-refractivity contribution in [3.8, 4) is 0 Å². The van der Waals surface area contributed by atoms with E-state index >= 15 is 0 Å². The summed E-state index contributed by atoms with van der Waals surface area (Å²) in [5, 5.41) is 17.0. The minimum atomic E-state index is -1.08. The molecule has 10 nitrogen and oxygen atoms in total. The molecule has 6 rings (SSSR count). The standard InChI is InChI=1S/C21H16N6O4S/c28-12-8-22-7-11-16(12)15(9-6-24-18(20(29)30)17(9)25-11)13-3-4-14(31-13)32-21-26-10-2-1-5-23-19(10)27-21/h1-6,15,22,24-25H,7-8H2,(H,29,30)(H,23,26,27). The Hall–Kier alpha value is -3.83. The number of furan rings is 1. The van der Waals surface area contributed by atoms with Crippen molar-refractivity contribution in [2.24, 2.45) is 0 Å². The van der Waals surface area contributed by atoms with Crippen molar-refractivity contribution in [3.05, 3.63) is 64.9 Å². The van der Waals surface area contributed by atoms with Crippen molar-refractivity contribution in [1.29, 1.82) is 0 Å². The Morgan fingerprint density at radius 2 is 2.16 bits per heavy atom. The van der Waals surface area contributed by atoms with Crippen LogP contribution in [0.3, 0.4) is 0 Å². The molecule has 0 fully saturated rings. The van der Waals surface area contributed by atoms with Gasteiger partial charge in [-0.3, -0.25) is 4.79 Å². The molecule has 2 aliphatic rings. The van der Waals surface area contributed by atoms with Crippen LogP contribution in [0.1, 0.15) is 27.7 Å². The van der Waals surface area contributed by atoms with Gasteiger partial charge in [0.05, 0.1) is 18.2 Å². The molecule has 1 unspecified atom stereocenters. The summed E-state index contributed by atoms with van der Waals surface area (Å²) < 4.78 is 6.13. The van der Waals surface area contributed by atoms with E-state index in [2.05, 4.69) is 30.6 Å². The van der Waals surface area contributed by atoms with Gasteiger partial charge in [0.15, 0.2) is 21.7 Å². The van der Waals surface area contributed by atoms with Crippen molar-refractivity contribution >= 4 is 40.4 Å². The molecular formula is C21H16N6O4S. The lowest BCUT2D eigenvalue weighted by atomic mass is 9.82. The van der Waals surface area contributed by atoms with Crippen LogP contribution in [0.2, 0.25) is 0 Å². The Morgan fingerprint density at radius 3 is 3.00 bits per heavy atom. The number of hydrogen-bond acceptors (Lipinski definition) is 8. The molecule has 0 spiro atoms. The number of carboxylic acids is 1. The van der Waals surface area contributed by atoms with Gasteiger partial charge >= 0.3 is 5.97 Å².